The molecule has 0 amide bonds. The van der Waals surface area contributed by atoms with E-state index in [1.54, 1.807) is 0 Å². The number of alkyl halides is 1. The largest absolute Gasteiger partial charge is 0.311 e. The molecule has 1 atom stereocenters. The van der Waals surface area contributed by atoms with Crippen LogP contribution in [0.4, 0.5) is 0 Å². The monoisotopic (exact) mass is 223 g/mol. The van der Waals surface area contributed by atoms with E-state index >= 15 is 0 Å². The maximum Gasteiger partial charge on any atom is 0.0709 e. The van der Waals surface area contributed by atoms with Crippen LogP contribution >= 0.6 is 11.6 Å². The van der Waals surface area contributed by atoms with Crippen LogP contribution in [0, 0.1) is 0 Å². The van der Waals surface area contributed by atoms with Crippen molar-refractivity contribution in [3.63, 3.8) is 0 Å². The molecule has 1 N–H and O–H groups in total. The van der Waals surface area contributed by atoms with Gasteiger partial charge in [-0.2, -0.15) is 0 Å². The third-order valence-electron chi connectivity index (χ3n) is 2.14. The SMILES string of the molecule is CC(C)=CCNCC(Cl)c1ccccc1. The lowest BCUT2D eigenvalue weighted by molar-refractivity contribution is 0.726. The Morgan fingerprint density at radius 3 is 2.60 bits per heavy atom. The lowest BCUT2D eigenvalue weighted by Gasteiger charge is -2.09. The maximum atomic E-state index is 6.24. The van der Waals surface area contributed by atoms with Gasteiger partial charge in [0.15, 0.2) is 0 Å². The molecule has 82 valence electrons. The molecule has 15 heavy (non-hydrogen) atoms. The molecule has 0 saturated heterocycles. The first-order valence-corrected chi connectivity index (χ1v) is 5.67. The van der Waals surface area contributed by atoms with Crippen LogP contribution in [0.5, 0.6) is 0 Å². The number of halogens is 1. The van der Waals surface area contributed by atoms with Crippen molar-refractivity contribution in [2.24, 2.45) is 0 Å². The Kier molecular flexibility index (Phi) is 5.44. The van der Waals surface area contributed by atoms with Gasteiger partial charge in [-0.1, -0.05) is 42.0 Å². The number of hydrogen-bond acceptors (Lipinski definition) is 1. The molecule has 1 nitrogen and oxygen atoms in total. The summed E-state index contributed by atoms with van der Waals surface area (Å²) in [5.74, 6) is 0. The van der Waals surface area contributed by atoms with Crippen molar-refractivity contribution >= 4 is 11.6 Å². The van der Waals surface area contributed by atoms with E-state index in [4.69, 9.17) is 11.6 Å². The standard InChI is InChI=1S/C13H18ClN/c1-11(2)8-9-15-10-13(14)12-6-4-3-5-7-12/h3-8,13,15H,9-10H2,1-2H3. The van der Waals surface area contributed by atoms with Crippen LogP contribution in [0.25, 0.3) is 0 Å². The highest BCUT2D eigenvalue weighted by molar-refractivity contribution is 6.21. The highest BCUT2D eigenvalue weighted by Crippen LogP contribution is 2.18. The molecule has 0 fully saturated rings. The molecular formula is C13H18ClN. The lowest BCUT2D eigenvalue weighted by atomic mass is 10.1. The smallest absolute Gasteiger partial charge is 0.0709 e. The van der Waals surface area contributed by atoms with Crippen LogP contribution in [0.15, 0.2) is 42.0 Å². The molecule has 0 aliphatic heterocycles. The first kappa shape index (κ1) is 12.3. The van der Waals surface area contributed by atoms with Crippen molar-refractivity contribution in [2.75, 3.05) is 13.1 Å². The summed E-state index contributed by atoms with van der Waals surface area (Å²) in [5.41, 5.74) is 2.50. The predicted octanol–water partition coefficient (Wildman–Crippen LogP) is 3.52. The molecule has 2 heteroatoms. The van der Waals surface area contributed by atoms with E-state index in [2.05, 4.69) is 37.4 Å². The second-order valence-corrected chi connectivity index (χ2v) is 4.34. The van der Waals surface area contributed by atoms with Gasteiger partial charge in [0.05, 0.1) is 5.38 Å². The van der Waals surface area contributed by atoms with Crippen LogP contribution < -0.4 is 5.32 Å². The second-order valence-electron chi connectivity index (χ2n) is 3.82. The molecule has 1 unspecified atom stereocenters. The minimum Gasteiger partial charge on any atom is -0.311 e. The van der Waals surface area contributed by atoms with Crippen molar-refractivity contribution in [3.05, 3.63) is 47.5 Å². The topological polar surface area (TPSA) is 12.0 Å². The summed E-state index contributed by atoms with van der Waals surface area (Å²) in [6.07, 6.45) is 2.16. The first-order chi connectivity index (χ1) is 7.20. The van der Waals surface area contributed by atoms with E-state index in [1.807, 2.05) is 18.2 Å². The zero-order valence-electron chi connectivity index (χ0n) is 9.33. The van der Waals surface area contributed by atoms with Gasteiger partial charge in [-0.15, -0.1) is 11.6 Å². The molecule has 0 bridgehead atoms. The minimum absolute atomic E-state index is 0.0526. The Hall–Kier alpha value is -0.790. The quantitative estimate of drug-likeness (QED) is 0.458. The van der Waals surface area contributed by atoms with Crippen molar-refractivity contribution in [1.82, 2.24) is 5.32 Å². The highest BCUT2D eigenvalue weighted by Gasteiger charge is 2.04. The number of nitrogens with one attached hydrogen (secondary N) is 1. The van der Waals surface area contributed by atoms with Crippen LogP contribution in [0.3, 0.4) is 0 Å². The van der Waals surface area contributed by atoms with Gasteiger partial charge in [0.1, 0.15) is 0 Å². The van der Waals surface area contributed by atoms with E-state index < -0.39 is 0 Å². The molecule has 1 aromatic rings. The molecule has 1 aromatic carbocycles. The summed E-state index contributed by atoms with van der Waals surface area (Å²) in [4.78, 5) is 0. The van der Waals surface area contributed by atoms with Crippen molar-refractivity contribution in [3.8, 4) is 0 Å². The van der Waals surface area contributed by atoms with E-state index in [1.165, 1.54) is 11.1 Å². The second kappa shape index (κ2) is 6.65. The van der Waals surface area contributed by atoms with Gasteiger partial charge in [-0.3, -0.25) is 0 Å². The Bertz CT molecular complexity index is 302. The number of benzene rings is 1. The number of rotatable bonds is 5. The summed E-state index contributed by atoms with van der Waals surface area (Å²) in [5, 5.41) is 3.36. The maximum absolute atomic E-state index is 6.24. The third-order valence-corrected chi connectivity index (χ3v) is 2.55. The van der Waals surface area contributed by atoms with Gasteiger partial charge < -0.3 is 5.32 Å². The molecule has 1 rings (SSSR count). The summed E-state index contributed by atoms with van der Waals surface area (Å²) < 4.78 is 0. The van der Waals surface area contributed by atoms with E-state index in [9.17, 15) is 0 Å². The third kappa shape index (κ3) is 5.01. The number of allylic oxidation sites excluding steroid dienone is 1. The first-order valence-electron chi connectivity index (χ1n) is 5.23. The molecule has 0 aliphatic carbocycles. The molecule has 0 saturated carbocycles. The van der Waals surface area contributed by atoms with Crippen molar-refractivity contribution in [1.29, 1.82) is 0 Å². The fourth-order valence-corrected chi connectivity index (χ4v) is 1.52. The van der Waals surface area contributed by atoms with E-state index in [0.717, 1.165) is 13.1 Å². The van der Waals surface area contributed by atoms with Gasteiger partial charge >= 0.3 is 0 Å². The summed E-state index contributed by atoms with van der Waals surface area (Å²) in [7, 11) is 0. The summed E-state index contributed by atoms with van der Waals surface area (Å²) >= 11 is 6.24. The van der Waals surface area contributed by atoms with Gasteiger partial charge in [0.2, 0.25) is 0 Å². The number of hydrogen-bond donors (Lipinski definition) is 1. The fraction of sp³-hybridized carbons (Fsp3) is 0.385. The van der Waals surface area contributed by atoms with Crippen LogP contribution in [0.2, 0.25) is 0 Å². The van der Waals surface area contributed by atoms with Crippen LogP contribution in [0.1, 0.15) is 24.8 Å². The molecule has 0 radical (unpaired) electrons. The van der Waals surface area contributed by atoms with Gasteiger partial charge in [0.25, 0.3) is 0 Å². The van der Waals surface area contributed by atoms with Gasteiger partial charge in [-0.05, 0) is 19.4 Å². The average molecular weight is 224 g/mol. The highest BCUT2D eigenvalue weighted by atomic mass is 35.5. The lowest BCUT2D eigenvalue weighted by Crippen LogP contribution is -2.19. The van der Waals surface area contributed by atoms with E-state index in [-0.39, 0.29) is 5.38 Å². The molecule has 0 heterocycles. The normalized spacial score (nSPS) is 12.2. The minimum atomic E-state index is 0.0526. The zero-order chi connectivity index (χ0) is 11.1. The Balaban J connectivity index is 2.31. The molecule has 0 spiro atoms. The Morgan fingerprint density at radius 1 is 1.33 bits per heavy atom. The van der Waals surface area contributed by atoms with Crippen LogP contribution in [-0.4, -0.2) is 13.1 Å². The van der Waals surface area contributed by atoms with Crippen LogP contribution in [-0.2, 0) is 0 Å². The van der Waals surface area contributed by atoms with E-state index in [0.29, 0.717) is 0 Å². The Morgan fingerprint density at radius 2 is 2.00 bits per heavy atom. The van der Waals surface area contributed by atoms with Crippen molar-refractivity contribution in [2.45, 2.75) is 19.2 Å². The zero-order valence-corrected chi connectivity index (χ0v) is 10.1. The molecule has 0 aliphatic rings. The molecule has 0 aromatic heterocycles. The fourth-order valence-electron chi connectivity index (χ4n) is 1.27. The Labute approximate surface area is 97.1 Å². The van der Waals surface area contributed by atoms with Gasteiger partial charge in [-0.25, -0.2) is 0 Å². The molecular weight excluding hydrogens is 206 g/mol. The summed E-state index contributed by atoms with van der Waals surface area (Å²) in [6, 6.07) is 10.1. The van der Waals surface area contributed by atoms with Crippen molar-refractivity contribution < 1.29 is 0 Å². The predicted molar refractivity (Wildman–Crippen MR) is 67.3 cm³/mol. The van der Waals surface area contributed by atoms with Gasteiger partial charge in [0, 0.05) is 13.1 Å². The average Bonchev–Trinajstić information content (AvgIpc) is 2.25. The summed E-state index contributed by atoms with van der Waals surface area (Å²) in [6.45, 7) is 5.88.